The number of halogens is 2. The molecule has 1 aromatic carbocycles. The van der Waals surface area contributed by atoms with Crippen LogP contribution in [0.1, 0.15) is 11.1 Å². The molecule has 1 aromatic heterocycles. The maximum Gasteiger partial charge on any atom is 0.250 e. The van der Waals surface area contributed by atoms with Crippen LogP contribution in [0.4, 0.5) is 0 Å². The number of hydrogen-bond donors (Lipinski definition) is 1. The molecule has 7 heteroatoms. The van der Waals surface area contributed by atoms with Crippen LogP contribution in [0.25, 0.3) is 0 Å². The Hall–Kier alpha value is -0.400. The van der Waals surface area contributed by atoms with Gasteiger partial charge < -0.3 is 0 Å². The zero-order valence-electron chi connectivity index (χ0n) is 11.3. The number of hydrogen-bond acceptors (Lipinski definition) is 3. The second kappa shape index (κ2) is 7.24. The van der Waals surface area contributed by atoms with Gasteiger partial charge in [-0.05, 0) is 46.5 Å². The highest BCUT2D eigenvalue weighted by Gasteiger charge is 2.22. The SMILES string of the molecule is Cc1cc(S(=O)(=O)NC(CCl)Cc2ccccc2)sc1Br. The van der Waals surface area contributed by atoms with Crippen molar-refractivity contribution >= 4 is 48.9 Å². The van der Waals surface area contributed by atoms with Gasteiger partial charge in [-0.2, -0.15) is 0 Å². The molecule has 21 heavy (non-hydrogen) atoms. The molecule has 0 aliphatic carbocycles. The lowest BCUT2D eigenvalue weighted by atomic mass is 10.1. The molecular formula is C14H15BrClNO2S2. The molecule has 0 bridgehead atoms. The van der Waals surface area contributed by atoms with E-state index in [0.29, 0.717) is 10.6 Å². The second-order valence-electron chi connectivity index (χ2n) is 4.68. The van der Waals surface area contributed by atoms with E-state index >= 15 is 0 Å². The highest BCUT2D eigenvalue weighted by atomic mass is 79.9. The number of nitrogens with one attached hydrogen (secondary N) is 1. The zero-order chi connectivity index (χ0) is 15.5. The van der Waals surface area contributed by atoms with Gasteiger partial charge in [-0.3, -0.25) is 0 Å². The van der Waals surface area contributed by atoms with Gasteiger partial charge in [-0.15, -0.1) is 22.9 Å². The first kappa shape index (κ1) is 17.0. The molecule has 3 nitrogen and oxygen atoms in total. The predicted octanol–water partition coefficient (Wildman–Crippen LogP) is 3.95. The summed E-state index contributed by atoms with van der Waals surface area (Å²) in [5, 5.41) is 0. The van der Waals surface area contributed by atoms with Crippen molar-refractivity contribution in [1.29, 1.82) is 0 Å². The number of benzene rings is 1. The van der Waals surface area contributed by atoms with Crippen LogP contribution in [0.2, 0.25) is 0 Å². The van der Waals surface area contributed by atoms with Crippen LogP contribution in [0.15, 0.2) is 44.4 Å². The number of thiophene rings is 1. The Kier molecular flexibility index (Phi) is 5.85. The molecule has 0 saturated heterocycles. The van der Waals surface area contributed by atoms with Crippen LogP contribution >= 0.6 is 38.9 Å². The van der Waals surface area contributed by atoms with Crippen molar-refractivity contribution in [2.75, 3.05) is 5.88 Å². The van der Waals surface area contributed by atoms with E-state index in [0.717, 1.165) is 14.9 Å². The lowest BCUT2D eigenvalue weighted by Gasteiger charge is -2.15. The Morgan fingerprint density at radius 2 is 2.00 bits per heavy atom. The zero-order valence-corrected chi connectivity index (χ0v) is 15.3. The summed E-state index contributed by atoms with van der Waals surface area (Å²) in [7, 11) is -3.54. The van der Waals surface area contributed by atoms with Crippen LogP contribution in [0.5, 0.6) is 0 Å². The summed E-state index contributed by atoms with van der Waals surface area (Å²) in [4.78, 5) is 0. The largest absolute Gasteiger partial charge is 0.250 e. The van der Waals surface area contributed by atoms with E-state index in [2.05, 4.69) is 20.7 Å². The number of aryl methyl sites for hydroxylation is 1. The molecule has 1 atom stereocenters. The van der Waals surface area contributed by atoms with Crippen molar-refractivity contribution in [2.24, 2.45) is 0 Å². The van der Waals surface area contributed by atoms with Crippen LogP contribution < -0.4 is 4.72 Å². The normalized spacial score (nSPS) is 13.3. The Morgan fingerprint density at radius 1 is 1.33 bits per heavy atom. The molecule has 0 aliphatic heterocycles. The van der Waals surface area contributed by atoms with Gasteiger partial charge in [0.05, 0.1) is 3.79 Å². The van der Waals surface area contributed by atoms with E-state index < -0.39 is 10.0 Å². The summed E-state index contributed by atoms with van der Waals surface area (Å²) < 4.78 is 28.6. The Labute approximate surface area is 142 Å². The van der Waals surface area contributed by atoms with E-state index in [-0.39, 0.29) is 11.9 Å². The molecule has 0 saturated carbocycles. The molecule has 1 N–H and O–H groups in total. The molecule has 2 aromatic rings. The van der Waals surface area contributed by atoms with Gasteiger partial charge in [0.15, 0.2) is 0 Å². The molecule has 1 unspecified atom stereocenters. The minimum Gasteiger partial charge on any atom is -0.206 e. The quantitative estimate of drug-likeness (QED) is 0.736. The van der Waals surface area contributed by atoms with Gasteiger partial charge in [0, 0.05) is 11.9 Å². The maximum absolute atomic E-state index is 12.4. The van der Waals surface area contributed by atoms with E-state index in [1.807, 2.05) is 37.3 Å². The number of alkyl halides is 1. The van der Waals surface area contributed by atoms with Crippen LogP contribution in [0.3, 0.4) is 0 Å². The highest BCUT2D eigenvalue weighted by molar-refractivity contribution is 9.11. The number of rotatable bonds is 6. The molecule has 114 valence electrons. The third-order valence-corrected chi connectivity index (χ3v) is 7.44. The lowest BCUT2D eigenvalue weighted by molar-refractivity contribution is 0.563. The van der Waals surface area contributed by atoms with Gasteiger partial charge in [0.2, 0.25) is 10.0 Å². The van der Waals surface area contributed by atoms with E-state index in [1.165, 1.54) is 11.3 Å². The van der Waals surface area contributed by atoms with Crippen LogP contribution in [0, 0.1) is 6.92 Å². The second-order valence-corrected chi connectivity index (χ2v) is 9.30. The van der Waals surface area contributed by atoms with Crippen molar-refractivity contribution in [3.05, 3.63) is 51.3 Å². The fourth-order valence-electron chi connectivity index (χ4n) is 1.87. The molecule has 2 rings (SSSR count). The molecule has 0 aliphatic rings. The lowest BCUT2D eigenvalue weighted by Crippen LogP contribution is -2.37. The molecule has 0 spiro atoms. The molecule has 1 heterocycles. The van der Waals surface area contributed by atoms with Gasteiger partial charge >= 0.3 is 0 Å². The first-order chi connectivity index (χ1) is 9.92. The molecule has 0 fully saturated rings. The monoisotopic (exact) mass is 407 g/mol. The predicted molar refractivity (Wildman–Crippen MR) is 91.7 cm³/mol. The molecule has 0 amide bonds. The topological polar surface area (TPSA) is 46.2 Å². The van der Waals surface area contributed by atoms with E-state index in [9.17, 15) is 8.42 Å². The highest BCUT2D eigenvalue weighted by Crippen LogP contribution is 2.30. The standard InChI is InChI=1S/C14H15BrClNO2S2/c1-10-7-13(20-14(10)15)21(18,19)17-12(9-16)8-11-5-3-2-4-6-11/h2-7,12,17H,8-9H2,1H3. The van der Waals surface area contributed by atoms with E-state index in [1.54, 1.807) is 6.07 Å². The Bertz CT molecular complexity index is 682. The van der Waals surface area contributed by atoms with Gasteiger partial charge in [-0.1, -0.05) is 30.3 Å². The smallest absolute Gasteiger partial charge is 0.206 e. The van der Waals surface area contributed by atoms with Gasteiger partial charge in [0.25, 0.3) is 0 Å². The van der Waals surface area contributed by atoms with Crippen molar-refractivity contribution in [3.8, 4) is 0 Å². The summed E-state index contributed by atoms with van der Waals surface area (Å²) in [5.74, 6) is 0.222. The minimum absolute atomic E-state index is 0.222. The van der Waals surface area contributed by atoms with E-state index in [4.69, 9.17) is 11.6 Å². The minimum atomic E-state index is -3.54. The fraction of sp³-hybridized carbons (Fsp3) is 0.286. The van der Waals surface area contributed by atoms with Gasteiger partial charge in [-0.25, -0.2) is 13.1 Å². The summed E-state index contributed by atoms with van der Waals surface area (Å²) in [6.45, 7) is 1.86. The summed E-state index contributed by atoms with van der Waals surface area (Å²) in [5.41, 5.74) is 1.96. The van der Waals surface area contributed by atoms with Crippen molar-refractivity contribution in [2.45, 2.75) is 23.6 Å². The van der Waals surface area contributed by atoms with Crippen molar-refractivity contribution in [1.82, 2.24) is 4.72 Å². The van der Waals surface area contributed by atoms with Crippen LogP contribution in [-0.2, 0) is 16.4 Å². The molecular weight excluding hydrogens is 394 g/mol. The first-order valence-corrected chi connectivity index (χ1v) is 9.93. The van der Waals surface area contributed by atoms with Crippen LogP contribution in [-0.4, -0.2) is 20.3 Å². The average Bonchev–Trinajstić information content (AvgIpc) is 2.80. The summed E-state index contributed by atoms with van der Waals surface area (Å²) in [6, 6.07) is 11.0. The van der Waals surface area contributed by atoms with Crippen molar-refractivity contribution in [3.63, 3.8) is 0 Å². The van der Waals surface area contributed by atoms with Crippen molar-refractivity contribution < 1.29 is 8.42 Å². The Morgan fingerprint density at radius 3 is 2.52 bits per heavy atom. The molecule has 0 radical (unpaired) electrons. The fourth-order valence-corrected chi connectivity index (χ4v) is 5.62. The number of sulfonamides is 1. The first-order valence-electron chi connectivity index (χ1n) is 6.30. The average molecular weight is 409 g/mol. The van der Waals surface area contributed by atoms with Gasteiger partial charge in [0.1, 0.15) is 4.21 Å². The maximum atomic E-state index is 12.4. The Balaban J connectivity index is 2.14. The third-order valence-electron chi connectivity index (χ3n) is 2.93. The summed E-state index contributed by atoms with van der Waals surface area (Å²) in [6.07, 6.45) is 0.565. The summed E-state index contributed by atoms with van der Waals surface area (Å²) >= 11 is 10.5. The third kappa shape index (κ3) is 4.53.